The third-order valence-electron chi connectivity index (χ3n) is 5.81. The van der Waals surface area contributed by atoms with Gasteiger partial charge in [-0.05, 0) is 60.6 Å². The fourth-order valence-electron chi connectivity index (χ4n) is 4.27. The monoisotopic (exact) mass is 404 g/mol. The number of rotatable bonds is 8. The van der Waals surface area contributed by atoms with Gasteiger partial charge in [-0.2, -0.15) is 0 Å². The summed E-state index contributed by atoms with van der Waals surface area (Å²) in [7, 11) is 0. The van der Waals surface area contributed by atoms with Gasteiger partial charge in [0.05, 0.1) is 0 Å². The molecule has 156 valence electrons. The van der Waals surface area contributed by atoms with E-state index in [1.54, 1.807) is 12.1 Å². The van der Waals surface area contributed by atoms with Crippen molar-refractivity contribution in [2.45, 2.75) is 44.6 Å². The van der Waals surface area contributed by atoms with E-state index >= 15 is 0 Å². The molecule has 1 aliphatic heterocycles. The second-order valence-electron chi connectivity index (χ2n) is 7.89. The molecule has 4 rings (SSSR count). The number of aryl methyl sites for hydroxylation is 1. The van der Waals surface area contributed by atoms with E-state index in [1.807, 2.05) is 12.3 Å². The molecule has 2 aromatic carbocycles. The fourth-order valence-corrected chi connectivity index (χ4v) is 4.27. The summed E-state index contributed by atoms with van der Waals surface area (Å²) in [4.78, 5) is 14.0. The highest BCUT2D eigenvalue weighted by Gasteiger charge is 2.15. The highest BCUT2D eigenvalue weighted by Crippen LogP contribution is 2.27. The van der Waals surface area contributed by atoms with Crippen molar-refractivity contribution in [3.63, 3.8) is 0 Å². The van der Waals surface area contributed by atoms with Crippen molar-refractivity contribution < 1.29 is 14.6 Å². The van der Waals surface area contributed by atoms with Gasteiger partial charge in [-0.3, -0.25) is 0 Å². The number of carboxylic acid groups (broad SMARTS) is 1. The highest BCUT2D eigenvalue weighted by molar-refractivity contribution is 5.85. The van der Waals surface area contributed by atoms with Crippen LogP contribution in [0.15, 0.2) is 60.8 Å². The van der Waals surface area contributed by atoms with Crippen LogP contribution in [0.5, 0.6) is 5.75 Å². The van der Waals surface area contributed by atoms with Crippen molar-refractivity contribution in [2.24, 2.45) is 0 Å². The van der Waals surface area contributed by atoms with E-state index in [4.69, 9.17) is 9.84 Å². The molecular weight excluding hydrogens is 376 g/mol. The molecule has 0 saturated heterocycles. The largest absolute Gasteiger partial charge is 0.511 e. The Bertz CT molecular complexity index is 1020. The minimum atomic E-state index is -1.28. The number of fused-ring (bicyclic) bond motifs is 1. The van der Waals surface area contributed by atoms with Crippen LogP contribution in [0.25, 0.3) is 16.5 Å². The van der Waals surface area contributed by atoms with E-state index in [2.05, 4.69) is 46.7 Å². The first-order valence-corrected chi connectivity index (χ1v) is 10.7. The molecular formula is C25H28N2O3. The standard InChI is InChI=1S/C25H28N2O3/c28-25(29)30-22-11-12-24-23(16-22)20(17-27-24)9-5-2-6-10-21-15-19(13-14-26-21)18-7-3-1-4-8-18/h1,3-4,7-8,11-13,16-17,21,26-27H,2,5-6,9-10,14-15H2,(H,28,29). The SMILES string of the molecule is O=C(O)Oc1ccc2[nH]cc(CCCCCC3CC(c4ccccc4)=CCN3)c2c1. The minimum Gasteiger partial charge on any atom is -0.449 e. The predicted molar refractivity (Wildman–Crippen MR) is 120 cm³/mol. The zero-order valence-electron chi connectivity index (χ0n) is 17.1. The molecule has 0 radical (unpaired) electrons. The Morgan fingerprint density at radius 2 is 1.97 bits per heavy atom. The molecule has 0 saturated carbocycles. The molecule has 1 aromatic heterocycles. The Labute approximate surface area is 176 Å². The maximum absolute atomic E-state index is 10.8. The van der Waals surface area contributed by atoms with Crippen LogP contribution in [0, 0.1) is 0 Å². The highest BCUT2D eigenvalue weighted by atomic mass is 16.7. The second-order valence-corrected chi connectivity index (χ2v) is 7.89. The second kappa shape index (κ2) is 9.63. The van der Waals surface area contributed by atoms with Crippen molar-refractivity contribution in [3.05, 3.63) is 71.9 Å². The molecule has 2 heterocycles. The summed E-state index contributed by atoms with van der Waals surface area (Å²) in [5, 5.41) is 13.5. The van der Waals surface area contributed by atoms with Crippen LogP contribution < -0.4 is 10.1 Å². The zero-order chi connectivity index (χ0) is 20.8. The van der Waals surface area contributed by atoms with Gasteiger partial charge >= 0.3 is 6.16 Å². The molecule has 30 heavy (non-hydrogen) atoms. The van der Waals surface area contributed by atoms with Crippen LogP contribution in [0.3, 0.4) is 0 Å². The van der Waals surface area contributed by atoms with Crippen LogP contribution in [-0.2, 0) is 6.42 Å². The van der Waals surface area contributed by atoms with Gasteiger partial charge in [0.2, 0.25) is 0 Å². The van der Waals surface area contributed by atoms with Gasteiger partial charge in [-0.15, -0.1) is 0 Å². The number of carbonyl (C=O) groups is 1. The molecule has 1 unspecified atom stereocenters. The summed E-state index contributed by atoms with van der Waals surface area (Å²) in [6.07, 6.45) is 9.81. The summed E-state index contributed by atoms with van der Waals surface area (Å²) in [6.45, 7) is 0.949. The van der Waals surface area contributed by atoms with Gasteiger partial charge in [0, 0.05) is 29.7 Å². The summed E-state index contributed by atoms with van der Waals surface area (Å²) in [5.74, 6) is 0.362. The third-order valence-corrected chi connectivity index (χ3v) is 5.81. The molecule has 0 aliphatic carbocycles. The van der Waals surface area contributed by atoms with Crippen molar-refractivity contribution >= 4 is 22.6 Å². The van der Waals surface area contributed by atoms with Gasteiger partial charge in [0.15, 0.2) is 0 Å². The molecule has 5 heteroatoms. The van der Waals surface area contributed by atoms with Crippen LogP contribution in [0.1, 0.15) is 43.2 Å². The van der Waals surface area contributed by atoms with Crippen LogP contribution in [0.2, 0.25) is 0 Å². The van der Waals surface area contributed by atoms with E-state index in [9.17, 15) is 4.79 Å². The molecule has 1 aliphatic rings. The molecule has 3 N–H and O–H groups in total. The van der Waals surface area contributed by atoms with Crippen LogP contribution >= 0.6 is 0 Å². The number of benzene rings is 2. The lowest BCUT2D eigenvalue weighted by atomic mass is 9.92. The third kappa shape index (κ3) is 5.10. The van der Waals surface area contributed by atoms with Gasteiger partial charge in [0.25, 0.3) is 0 Å². The summed E-state index contributed by atoms with van der Waals surface area (Å²) in [5.41, 5.74) is 5.02. The Balaban J connectivity index is 1.24. The lowest BCUT2D eigenvalue weighted by Gasteiger charge is -2.24. The number of aromatic amines is 1. The van der Waals surface area contributed by atoms with Crippen molar-refractivity contribution in [2.75, 3.05) is 6.54 Å². The number of unbranched alkanes of at least 4 members (excludes halogenated alkanes) is 2. The summed E-state index contributed by atoms with van der Waals surface area (Å²) in [6, 6.07) is 16.6. The smallest absolute Gasteiger partial charge is 0.449 e. The first-order chi connectivity index (χ1) is 14.7. The fraction of sp³-hybridized carbons (Fsp3) is 0.320. The maximum Gasteiger partial charge on any atom is 0.511 e. The van der Waals surface area contributed by atoms with Gasteiger partial charge in [-0.25, -0.2) is 4.79 Å². The quantitative estimate of drug-likeness (QED) is 0.253. The number of nitrogens with one attached hydrogen (secondary N) is 2. The van der Waals surface area contributed by atoms with Crippen molar-refractivity contribution in [1.29, 1.82) is 0 Å². The molecule has 0 amide bonds. The van der Waals surface area contributed by atoms with Crippen LogP contribution in [0.4, 0.5) is 4.79 Å². The van der Waals surface area contributed by atoms with Crippen molar-refractivity contribution in [3.8, 4) is 5.75 Å². The van der Waals surface area contributed by atoms with Crippen LogP contribution in [-0.4, -0.2) is 28.8 Å². The average molecular weight is 405 g/mol. The number of hydrogen-bond acceptors (Lipinski definition) is 3. The average Bonchev–Trinajstić information content (AvgIpc) is 3.16. The van der Waals surface area contributed by atoms with Gasteiger partial charge in [0.1, 0.15) is 5.75 Å². The van der Waals surface area contributed by atoms with E-state index < -0.39 is 6.16 Å². The van der Waals surface area contributed by atoms with Crippen molar-refractivity contribution in [1.82, 2.24) is 10.3 Å². The topological polar surface area (TPSA) is 74.3 Å². The number of hydrogen-bond donors (Lipinski definition) is 3. The van der Waals surface area contributed by atoms with E-state index in [1.165, 1.54) is 36.0 Å². The van der Waals surface area contributed by atoms with Gasteiger partial charge in [-0.1, -0.05) is 49.2 Å². The lowest BCUT2D eigenvalue weighted by Crippen LogP contribution is -2.32. The lowest BCUT2D eigenvalue weighted by molar-refractivity contribution is 0.144. The predicted octanol–water partition coefficient (Wildman–Crippen LogP) is 5.77. The Kier molecular flexibility index (Phi) is 6.50. The normalized spacial score (nSPS) is 16.4. The zero-order valence-corrected chi connectivity index (χ0v) is 17.1. The van der Waals surface area contributed by atoms with E-state index in [0.717, 1.165) is 36.7 Å². The molecule has 1 atom stereocenters. The number of aromatic nitrogens is 1. The summed E-state index contributed by atoms with van der Waals surface area (Å²) >= 11 is 0. The van der Waals surface area contributed by atoms with E-state index in [0.29, 0.717) is 11.8 Å². The number of H-pyrrole nitrogens is 1. The molecule has 0 spiro atoms. The molecule has 0 bridgehead atoms. The maximum atomic E-state index is 10.8. The van der Waals surface area contributed by atoms with Gasteiger partial charge < -0.3 is 20.1 Å². The minimum absolute atomic E-state index is 0.362. The molecule has 3 aromatic rings. The first-order valence-electron chi connectivity index (χ1n) is 10.7. The first kappa shape index (κ1) is 20.2. The molecule has 0 fully saturated rings. The summed E-state index contributed by atoms with van der Waals surface area (Å²) < 4.78 is 4.79. The number of ether oxygens (including phenoxy) is 1. The van der Waals surface area contributed by atoms with E-state index in [-0.39, 0.29) is 0 Å². The Hall–Kier alpha value is -3.05. The Morgan fingerprint density at radius 1 is 1.10 bits per heavy atom. The molecule has 5 nitrogen and oxygen atoms in total. The Morgan fingerprint density at radius 3 is 2.80 bits per heavy atom.